The average molecular weight is 345 g/mol. The number of amides is 1. The Morgan fingerprint density at radius 1 is 1.21 bits per heavy atom. The van der Waals surface area contributed by atoms with Crippen LogP contribution < -0.4 is 5.32 Å². The fraction of sp³-hybridized carbons (Fsp3) is 0.167. The number of carbonyl (C=O) groups excluding carboxylic acids is 1. The third-order valence-electron chi connectivity index (χ3n) is 3.49. The fourth-order valence-electron chi connectivity index (χ4n) is 2.24. The quantitative estimate of drug-likeness (QED) is 0.718. The Bertz CT molecular complexity index is 796. The molecule has 0 aliphatic rings. The van der Waals surface area contributed by atoms with E-state index >= 15 is 0 Å². The summed E-state index contributed by atoms with van der Waals surface area (Å²) in [6.45, 7) is 0.0530. The zero-order chi connectivity index (χ0) is 16.9. The Morgan fingerprint density at radius 3 is 2.71 bits per heavy atom. The maximum Gasteiger partial charge on any atom is 0.224 e. The lowest BCUT2D eigenvalue weighted by Crippen LogP contribution is -2.29. The second-order valence-corrected chi connectivity index (χ2v) is 6.25. The van der Waals surface area contributed by atoms with Crippen molar-refractivity contribution in [2.75, 3.05) is 6.54 Å². The van der Waals surface area contributed by atoms with Gasteiger partial charge in [-0.25, -0.2) is 4.39 Å². The van der Waals surface area contributed by atoms with Crippen LogP contribution in [0.1, 0.15) is 17.4 Å². The summed E-state index contributed by atoms with van der Waals surface area (Å²) in [5.41, 5.74) is 0.710. The molecule has 0 saturated heterocycles. The highest BCUT2D eigenvalue weighted by molar-refractivity contribution is 7.13. The molecule has 2 N–H and O–H groups in total. The summed E-state index contributed by atoms with van der Waals surface area (Å²) >= 11 is 1.55. The Hall–Kier alpha value is -2.44. The van der Waals surface area contributed by atoms with Gasteiger partial charge in [0.15, 0.2) is 0 Å². The van der Waals surface area contributed by atoms with Gasteiger partial charge in [-0.3, -0.25) is 4.79 Å². The van der Waals surface area contributed by atoms with Crippen LogP contribution in [-0.4, -0.2) is 17.6 Å². The van der Waals surface area contributed by atoms with Crippen molar-refractivity contribution in [3.63, 3.8) is 0 Å². The van der Waals surface area contributed by atoms with Gasteiger partial charge in [0, 0.05) is 0 Å². The summed E-state index contributed by atoms with van der Waals surface area (Å²) in [4.78, 5) is 12.9. The van der Waals surface area contributed by atoms with Gasteiger partial charge in [-0.2, -0.15) is 0 Å². The number of furan rings is 1. The van der Waals surface area contributed by atoms with Crippen molar-refractivity contribution >= 4 is 17.2 Å². The van der Waals surface area contributed by atoms with Gasteiger partial charge in [0.2, 0.25) is 5.91 Å². The van der Waals surface area contributed by atoms with E-state index in [9.17, 15) is 14.3 Å². The van der Waals surface area contributed by atoms with E-state index in [-0.39, 0.29) is 24.7 Å². The first kappa shape index (κ1) is 16.4. The van der Waals surface area contributed by atoms with Crippen LogP contribution in [0.4, 0.5) is 4.39 Å². The number of hydrogen-bond acceptors (Lipinski definition) is 4. The van der Waals surface area contributed by atoms with E-state index < -0.39 is 6.10 Å². The zero-order valence-corrected chi connectivity index (χ0v) is 13.6. The van der Waals surface area contributed by atoms with Crippen LogP contribution in [0.25, 0.3) is 10.6 Å². The summed E-state index contributed by atoms with van der Waals surface area (Å²) < 4.78 is 18.4. The number of aliphatic hydroxyl groups is 1. The maximum atomic E-state index is 12.8. The van der Waals surface area contributed by atoms with E-state index in [0.29, 0.717) is 17.1 Å². The molecule has 3 aromatic rings. The fourth-order valence-corrected chi connectivity index (χ4v) is 2.93. The predicted molar refractivity (Wildman–Crippen MR) is 90.1 cm³/mol. The molecule has 124 valence electrons. The molecule has 0 fully saturated rings. The minimum Gasteiger partial charge on any atom is -0.457 e. The minimum absolute atomic E-state index is 0.0530. The van der Waals surface area contributed by atoms with Crippen LogP contribution in [0.15, 0.2) is 58.3 Å². The van der Waals surface area contributed by atoms with E-state index in [1.165, 1.54) is 12.1 Å². The van der Waals surface area contributed by atoms with Crippen LogP contribution in [0.2, 0.25) is 0 Å². The summed E-state index contributed by atoms with van der Waals surface area (Å²) in [5.74, 6) is 0.511. The van der Waals surface area contributed by atoms with E-state index in [1.807, 2.05) is 17.5 Å². The molecule has 6 heteroatoms. The number of halogens is 1. The van der Waals surface area contributed by atoms with Crippen molar-refractivity contribution < 1.29 is 18.7 Å². The molecule has 0 radical (unpaired) electrons. The molecule has 1 amide bonds. The van der Waals surface area contributed by atoms with Gasteiger partial charge in [0.25, 0.3) is 0 Å². The first-order chi connectivity index (χ1) is 11.6. The number of aliphatic hydroxyl groups excluding tert-OH is 1. The first-order valence-electron chi connectivity index (χ1n) is 7.44. The van der Waals surface area contributed by atoms with Crippen molar-refractivity contribution in [1.82, 2.24) is 5.32 Å². The lowest BCUT2D eigenvalue weighted by atomic mass is 10.1. The molecule has 3 rings (SSSR count). The van der Waals surface area contributed by atoms with Crippen molar-refractivity contribution in [1.29, 1.82) is 0 Å². The van der Waals surface area contributed by atoms with Crippen LogP contribution in [0.3, 0.4) is 0 Å². The van der Waals surface area contributed by atoms with Crippen LogP contribution >= 0.6 is 11.3 Å². The highest BCUT2D eigenvalue weighted by atomic mass is 32.1. The number of carbonyl (C=O) groups is 1. The molecule has 2 aromatic heterocycles. The van der Waals surface area contributed by atoms with Gasteiger partial charge >= 0.3 is 0 Å². The lowest BCUT2D eigenvalue weighted by Gasteiger charge is -2.10. The number of hydrogen-bond donors (Lipinski definition) is 2. The lowest BCUT2D eigenvalue weighted by molar-refractivity contribution is -0.120. The van der Waals surface area contributed by atoms with Gasteiger partial charge in [-0.15, -0.1) is 11.3 Å². The summed E-state index contributed by atoms with van der Waals surface area (Å²) in [5, 5.41) is 14.7. The standard InChI is InChI=1S/C18H16FNO3S/c19-13-5-3-12(4-6-13)10-18(22)20-11-14(21)15-7-8-16(23-15)17-2-1-9-24-17/h1-9,14,21H,10-11H2,(H,20,22). The highest BCUT2D eigenvalue weighted by Gasteiger charge is 2.15. The normalized spacial score (nSPS) is 12.1. The number of thiophene rings is 1. The smallest absolute Gasteiger partial charge is 0.224 e. The maximum absolute atomic E-state index is 12.8. The molecule has 0 bridgehead atoms. The molecular formula is C18H16FNO3S. The minimum atomic E-state index is -0.920. The van der Waals surface area contributed by atoms with Gasteiger partial charge in [0.05, 0.1) is 17.8 Å². The largest absolute Gasteiger partial charge is 0.457 e. The highest BCUT2D eigenvalue weighted by Crippen LogP contribution is 2.28. The molecular weight excluding hydrogens is 329 g/mol. The van der Waals surface area contributed by atoms with Crippen molar-refractivity contribution in [3.8, 4) is 10.6 Å². The summed E-state index contributed by atoms with van der Waals surface area (Å²) in [6, 6.07) is 13.1. The average Bonchev–Trinajstić information content (AvgIpc) is 3.25. The first-order valence-corrected chi connectivity index (χ1v) is 8.32. The molecule has 0 saturated carbocycles. The second-order valence-electron chi connectivity index (χ2n) is 5.30. The number of benzene rings is 1. The van der Waals surface area contributed by atoms with E-state index in [2.05, 4.69) is 5.32 Å². The van der Waals surface area contributed by atoms with Crippen LogP contribution in [0.5, 0.6) is 0 Å². The molecule has 2 heterocycles. The number of rotatable bonds is 6. The van der Waals surface area contributed by atoms with E-state index in [1.54, 1.807) is 35.6 Å². The number of nitrogens with one attached hydrogen (secondary N) is 1. The van der Waals surface area contributed by atoms with Crippen molar-refractivity contribution in [2.45, 2.75) is 12.5 Å². The molecule has 0 spiro atoms. The summed E-state index contributed by atoms with van der Waals surface area (Å²) in [7, 11) is 0. The Morgan fingerprint density at radius 2 is 2.00 bits per heavy atom. The second kappa shape index (κ2) is 7.42. The Labute approximate surface area is 142 Å². The Balaban J connectivity index is 1.52. The third-order valence-corrected chi connectivity index (χ3v) is 4.37. The molecule has 0 aliphatic heterocycles. The zero-order valence-electron chi connectivity index (χ0n) is 12.7. The van der Waals surface area contributed by atoms with Gasteiger partial charge in [-0.1, -0.05) is 18.2 Å². The Kier molecular flexibility index (Phi) is 5.08. The SMILES string of the molecule is O=C(Cc1ccc(F)cc1)NCC(O)c1ccc(-c2cccs2)o1. The molecule has 1 atom stereocenters. The molecule has 1 unspecified atom stereocenters. The molecule has 1 aromatic carbocycles. The van der Waals surface area contributed by atoms with Crippen molar-refractivity contribution in [2.24, 2.45) is 0 Å². The van der Waals surface area contributed by atoms with Gasteiger partial charge in [0.1, 0.15) is 23.4 Å². The van der Waals surface area contributed by atoms with Gasteiger partial charge in [-0.05, 0) is 41.3 Å². The summed E-state index contributed by atoms with van der Waals surface area (Å²) in [6.07, 6.45) is -0.790. The van der Waals surface area contributed by atoms with Crippen molar-refractivity contribution in [3.05, 3.63) is 71.1 Å². The molecule has 4 nitrogen and oxygen atoms in total. The van der Waals surface area contributed by atoms with Gasteiger partial charge < -0.3 is 14.8 Å². The van der Waals surface area contributed by atoms with E-state index in [4.69, 9.17) is 4.42 Å². The predicted octanol–water partition coefficient (Wildman–Crippen LogP) is 3.54. The third kappa shape index (κ3) is 4.10. The van der Waals surface area contributed by atoms with Crippen LogP contribution in [-0.2, 0) is 11.2 Å². The monoisotopic (exact) mass is 345 g/mol. The van der Waals surface area contributed by atoms with Crippen LogP contribution in [0, 0.1) is 5.82 Å². The topological polar surface area (TPSA) is 62.5 Å². The molecule has 24 heavy (non-hydrogen) atoms. The van der Waals surface area contributed by atoms with E-state index in [0.717, 1.165) is 4.88 Å². The molecule has 0 aliphatic carbocycles.